The smallest absolute Gasteiger partial charge is 0.161 e. The van der Waals surface area contributed by atoms with Crippen molar-refractivity contribution in [2.75, 3.05) is 7.11 Å². The largest absolute Gasteiger partial charge is 0.493 e. The van der Waals surface area contributed by atoms with Gasteiger partial charge in [-0.1, -0.05) is 25.0 Å². The first kappa shape index (κ1) is 11.8. The van der Waals surface area contributed by atoms with Crippen LogP contribution in [0.2, 0.25) is 0 Å². The molecular formula is C15H20O3. The fourth-order valence-corrected chi connectivity index (χ4v) is 3.45. The molecule has 3 heteroatoms. The van der Waals surface area contributed by atoms with Crippen LogP contribution in [0.25, 0.3) is 0 Å². The molecule has 0 heterocycles. The third-order valence-corrected chi connectivity index (χ3v) is 4.61. The molecule has 98 valence electrons. The average molecular weight is 248 g/mol. The highest BCUT2D eigenvalue weighted by atomic mass is 16.5. The first-order chi connectivity index (χ1) is 8.76. The molecule has 1 aromatic carbocycles. The third kappa shape index (κ3) is 1.69. The second kappa shape index (κ2) is 4.47. The molecule has 0 amide bonds. The van der Waals surface area contributed by atoms with Crippen LogP contribution >= 0.6 is 0 Å². The summed E-state index contributed by atoms with van der Waals surface area (Å²) in [6.45, 7) is 0. The van der Waals surface area contributed by atoms with Crippen molar-refractivity contribution in [2.24, 2.45) is 5.41 Å². The molecule has 0 saturated heterocycles. The monoisotopic (exact) mass is 248 g/mol. The predicted molar refractivity (Wildman–Crippen MR) is 68.9 cm³/mol. The lowest BCUT2D eigenvalue weighted by Crippen LogP contribution is -2.58. The second-order valence-corrected chi connectivity index (χ2v) is 5.45. The summed E-state index contributed by atoms with van der Waals surface area (Å²) >= 11 is 0. The maximum atomic E-state index is 10.1. The van der Waals surface area contributed by atoms with E-state index in [1.54, 1.807) is 7.11 Å². The Morgan fingerprint density at radius 3 is 2.44 bits per heavy atom. The van der Waals surface area contributed by atoms with Gasteiger partial charge in [0.15, 0.2) is 11.5 Å². The van der Waals surface area contributed by atoms with Crippen molar-refractivity contribution < 1.29 is 14.6 Å². The van der Waals surface area contributed by atoms with Crippen molar-refractivity contribution in [1.82, 2.24) is 0 Å². The molecule has 1 N–H and O–H groups in total. The Hall–Kier alpha value is -1.22. The van der Waals surface area contributed by atoms with Crippen molar-refractivity contribution in [3.8, 4) is 11.5 Å². The van der Waals surface area contributed by atoms with E-state index in [0.717, 1.165) is 30.8 Å². The number of para-hydroxylation sites is 2. The molecule has 0 bridgehead atoms. The summed E-state index contributed by atoms with van der Waals surface area (Å²) in [5, 5.41) is 10.1. The average Bonchev–Trinajstić information content (AvgIpc) is 2.91. The van der Waals surface area contributed by atoms with Crippen molar-refractivity contribution >= 4 is 0 Å². The van der Waals surface area contributed by atoms with Crippen LogP contribution in [0.3, 0.4) is 0 Å². The zero-order valence-electron chi connectivity index (χ0n) is 10.8. The molecule has 1 aromatic rings. The Kier molecular flexibility index (Phi) is 2.94. The summed E-state index contributed by atoms with van der Waals surface area (Å²) in [6, 6.07) is 7.73. The molecule has 2 saturated carbocycles. The van der Waals surface area contributed by atoms with Crippen molar-refractivity contribution in [2.45, 2.75) is 44.3 Å². The molecule has 2 fully saturated rings. The Labute approximate surface area is 108 Å². The summed E-state index contributed by atoms with van der Waals surface area (Å²) in [6.07, 6.45) is 5.32. The fraction of sp³-hybridized carbons (Fsp3) is 0.600. The quantitative estimate of drug-likeness (QED) is 0.894. The minimum atomic E-state index is -0.181. The topological polar surface area (TPSA) is 38.7 Å². The maximum absolute atomic E-state index is 10.1. The number of aliphatic hydroxyl groups is 1. The van der Waals surface area contributed by atoms with Crippen LogP contribution in [0.4, 0.5) is 0 Å². The van der Waals surface area contributed by atoms with Crippen LogP contribution in [-0.4, -0.2) is 24.4 Å². The molecule has 3 rings (SSSR count). The van der Waals surface area contributed by atoms with Gasteiger partial charge in [-0.15, -0.1) is 0 Å². The highest BCUT2D eigenvalue weighted by Crippen LogP contribution is 2.55. The van der Waals surface area contributed by atoms with Gasteiger partial charge in [0.05, 0.1) is 13.2 Å². The summed E-state index contributed by atoms with van der Waals surface area (Å²) in [7, 11) is 1.66. The minimum Gasteiger partial charge on any atom is -0.493 e. The van der Waals surface area contributed by atoms with Gasteiger partial charge in [0.1, 0.15) is 6.10 Å². The van der Waals surface area contributed by atoms with E-state index in [4.69, 9.17) is 9.47 Å². The van der Waals surface area contributed by atoms with E-state index in [2.05, 4.69) is 0 Å². The summed E-state index contributed by atoms with van der Waals surface area (Å²) in [4.78, 5) is 0. The predicted octanol–water partition coefficient (Wildman–Crippen LogP) is 2.77. The highest BCUT2D eigenvalue weighted by molar-refractivity contribution is 5.39. The van der Waals surface area contributed by atoms with E-state index in [0.29, 0.717) is 0 Å². The van der Waals surface area contributed by atoms with Crippen molar-refractivity contribution in [3.63, 3.8) is 0 Å². The van der Waals surface area contributed by atoms with E-state index in [-0.39, 0.29) is 17.6 Å². The summed E-state index contributed by atoms with van der Waals surface area (Å²) < 4.78 is 11.4. The van der Waals surface area contributed by atoms with Crippen molar-refractivity contribution in [3.05, 3.63) is 24.3 Å². The molecular weight excluding hydrogens is 228 g/mol. The van der Waals surface area contributed by atoms with Crippen molar-refractivity contribution in [1.29, 1.82) is 0 Å². The lowest BCUT2D eigenvalue weighted by Gasteiger charge is -2.51. The summed E-state index contributed by atoms with van der Waals surface area (Å²) in [5.41, 5.74) is 0.0147. The summed E-state index contributed by atoms with van der Waals surface area (Å²) in [5.74, 6) is 1.57. The molecule has 0 aromatic heterocycles. The number of rotatable bonds is 3. The molecule has 0 aliphatic heterocycles. The van der Waals surface area contributed by atoms with Gasteiger partial charge in [-0.2, -0.15) is 0 Å². The van der Waals surface area contributed by atoms with Crippen LogP contribution in [0.5, 0.6) is 11.5 Å². The standard InChI is InChI=1S/C15H20O3/c1-17-11-6-2-3-7-12(11)18-14-10-13(16)15(14)8-4-5-9-15/h2-3,6-7,13-14,16H,4-5,8-10H2,1H3. The molecule has 2 unspecified atom stereocenters. The molecule has 1 spiro atoms. The first-order valence-corrected chi connectivity index (χ1v) is 6.74. The Bertz CT molecular complexity index is 424. The molecule has 2 atom stereocenters. The van der Waals surface area contributed by atoms with Gasteiger partial charge in [-0.3, -0.25) is 0 Å². The molecule has 2 aliphatic rings. The van der Waals surface area contributed by atoms with Gasteiger partial charge in [-0.05, 0) is 25.0 Å². The first-order valence-electron chi connectivity index (χ1n) is 6.74. The van der Waals surface area contributed by atoms with E-state index in [9.17, 15) is 5.11 Å². The van der Waals surface area contributed by atoms with E-state index in [1.165, 1.54) is 12.8 Å². The number of hydrogen-bond donors (Lipinski definition) is 1. The lowest BCUT2D eigenvalue weighted by molar-refractivity contribution is -0.152. The van der Waals surface area contributed by atoms with E-state index < -0.39 is 0 Å². The molecule has 3 nitrogen and oxygen atoms in total. The van der Waals surface area contributed by atoms with Gasteiger partial charge in [0.2, 0.25) is 0 Å². The van der Waals surface area contributed by atoms with Crippen LogP contribution in [0.15, 0.2) is 24.3 Å². The van der Waals surface area contributed by atoms with Gasteiger partial charge in [-0.25, -0.2) is 0 Å². The second-order valence-electron chi connectivity index (χ2n) is 5.45. The van der Waals surface area contributed by atoms with E-state index in [1.807, 2.05) is 24.3 Å². The zero-order chi connectivity index (χ0) is 12.6. The fourth-order valence-electron chi connectivity index (χ4n) is 3.45. The van der Waals surface area contributed by atoms with Gasteiger partial charge >= 0.3 is 0 Å². The van der Waals surface area contributed by atoms with Crippen LogP contribution < -0.4 is 9.47 Å². The molecule has 18 heavy (non-hydrogen) atoms. The third-order valence-electron chi connectivity index (χ3n) is 4.61. The highest BCUT2D eigenvalue weighted by Gasteiger charge is 2.57. The SMILES string of the molecule is COc1ccccc1OC1CC(O)C12CCCC2. The molecule has 0 radical (unpaired) electrons. The Balaban J connectivity index is 1.77. The van der Waals surface area contributed by atoms with Crippen LogP contribution in [0, 0.1) is 5.41 Å². The Morgan fingerprint density at radius 2 is 1.83 bits per heavy atom. The number of benzene rings is 1. The number of aliphatic hydroxyl groups excluding tert-OH is 1. The van der Waals surface area contributed by atoms with E-state index >= 15 is 0 Å². The van der Waals surface area contributed by atoms with Crippen LogP contribution in [0.1, 0.15) is 32.1 Å². The van der Waals surface area contributed by atoms with Gasteiger partial charge in [0.25, 0.3) is 0 Å². The number of hydrogen-bond acceptors (Lipinski definition) is 3. The van der Waals surface area contributed by atoms with Crippen LogP contribution in [-0.2, 0) is 0 Å². The maximum Gasteiger partial charge on any atom is 0.161 e. The minimum absolute atomic E-state index is 0.0147. The van der Waals surface area contributed by atoms with Gasteiger partial charge in [0, 0.05) is 11.8 Å². The lowest BCUT2D eigenvalue weighted by atomic mass is 9.62. The number of ether oxygens (including phenoxy) is 2. The van der Waals surface area contributed by atoms with Gasteiger partial charge < -0.3 is 14.6 Å². The number of methoxy groups -OCH3 is 1. The molecule has 2 aliphatic carbocycles. The normalized spacial score (nSPS) is 29.0. The zero-order valence-corrected chi connectivity index (χ0v) is 10.8. The Morgan fingerprint density at radius 1 is 1.17 bits per heavy atom.